The molecule has 0 N–H and O–H groups in total. The van der Waals surface area contributed by atoms with Crippen molar-refractivity contribution in [3.8, 4) is 11.1 Å². The molecule has 0 aliphatic heterocycles. The Morgan fingerprint density at radius 2 is 0.971 bits per heavy atom. The predicted octanol–water partition coefficient (Wildman–Crippen LogP) is 11.7. The van der Waals surface area contributed by atoms with Gasteiger partial charge in [-0.3, -0.25) is 0 Å². The topological polar surface area (TPSA) is 0 Å². The lowest BCUT2D eigenvalue weighted by Crippen LogP contribution is -2.10. The SMILES string of the molecule is Clc1cc(Cl)c(C(c2c(Cl)cc(Cl)cc2Cl)c2c(Cl)ccc3c2-c2c(Cl)cccc2C3)c(Cl)c1. The molecule has 0 saturated heterocycles. The van der Waals surface area contributed by atoms with E-state index in [4.69, 9.17) is 92.8 Å². The van der Waals surface area contributed by atoms with Gasteiger partial charge < -0.3 is 0 Å². The summed E-state index contributed by atoms with van der Waals surface area (Å²) in [5.41, 5.74) is 5.93. The van der Waals surface area contributed by atoms with Gasteiger partial charge in [0.15, 0.2) is 0 Å². The van der Waals surface area contributed by atoms with Crippen LogP contribution in [0.25, 0.3) is 11.1 Å². The molecule has 0 nitrogen and oxygen atoms in total. The largest absolute Gasteiger partial charge is 0.0842 e. The molecule has 4 aromatic rings. The standard InChI is InChI=1S/C26H12Cl8/c27-13-7-17(31)23(18(32)8-13)26(24-19(33)9-14(28)10-20(24)34)25-16(30)5-4-12-6-11-2-1-3-15(29)21(11)22(12)25/h1-5,7-10,26H,6H2. The van der Waals surface area contributed by atoms with Crippen LogP contribution in [0.3, 0.4) is 0 Å². The second kappa shape index (κ2) is 9.58. The highest BCUT2D eigenvalue weighted by molar-refractivity contribution is 6.41. The molecule has 1 aliphatic carbocycles. The zero-order chi connectivity index (χ0) is 24.3. The molecule has 5 rings (SSSR count). The minimum atomic E-state index is -0.626. The molecule has 0 fully saturated rings. The van der Waals surface area contributed by atoms with E-state index in [2.05, 4.69) is 6.07 Å². The maximum Gasteiger partial charge on any atom is 0.0487 e. The lowest BCUT2D eigenvalue weighted by atomic mass is 9.80. The molecule has 0 unspecified atom stereocenters. The van der Waals surface area contributed by atoms with Crippen molar-refractivity contribution in [1.82, 2.24) is 0 Å². The van der Waals surface area contributed by atoms with E-state index in [9.17, 15) is 0 Å². The highest BCUT2D eigenvalue weighted by Gasteiger charge is 2.34. The van der Waals surface area contributed by atoms with Gasteiger partial charge in [-0.05, 0) is 65.1 Å². The van der Waals surface area contributed by atoms with Crippen LogP contribution in [0.4, 0.5) is 0 Å². The van der Waals surface area contributed by atoms with Crippen LogP contribution >= 0.6 is 92.8 Å². The summed E-state index contributed by atoms with van der Waals surface area (Å²) in [4.78, 5) is 0. The fraction of sp³-hybridized carbons (Fsp3) is 0.0769. The van der Waals surface area contributed by atoms with Gasteiger partial charge in [0, 0.05) is 62.8 Å². The van der Waals surface area contributed by atoms with E-state index >= 15 is 0 Å². The van der Waals surface area contributed by atoms with Crippen molar-refractivity contribution in [3.05, 3.63) is 123 Å². The lowest BCUT2D eigenvalue weighted by molar-refractivity contribution is 0.979. The molecule has 0 amide bonds. The maximum atomic E-state index is 6.93. The molecule has 0 spiro atoms. The van der Waals surface area contributed by atoms with Crippen molar-refractivity contribution in [3.63, 3.8) is 0 Å². The van der Waals surface area contributed by atoms with Gasteiger partial charge in [-0.25, -0.2) is 0 Å². The van der Waals surface area contributed by atoms with E-state index in [0.29, 0.717) is 57.7 Å². The van der Waals surface area contributed by atoms with Gasteiger partial charge in [0.2, 0.25) is 0 Å². The smallest absolute Gasteiger partial charge is 0.0487 e. The number of hydrogen-bond acceptors (Lipinski definition) is 0. The van der Waals surface area contributed by atoms with Gasteiger partial charge >= 0.3 is 0 Å². The van der Waals surface area contributed by atoms with Crippen molar-refractivity contribution in [1.29, 1.82) is 0 Å². The summed E-state index contributed by atoms with van der Waals surface area (Å²) in [5, 5.41) is 3.37. The van der Waals surface area contributed by atoms with Gasteiger partial charge in [0.25, 0.3) is 0 Å². The first-order valence-corrected chi connectivity index (χ1v) is 13.1. The Kier molecular flexibility index (Phi) is 7.01. The van der Waals surface area contributed by atoms with Crippen LogP contribution in [0.15, 0.2) is 54.6 Å². The molecule has 0 radical (unpaired) electrons. The van der Waals surface area contributed by atoms with Crippen LogP contribution < -0.4 is 0 Å². The average Bonchev–Trinajstić information content (AvgIpc) is 3.11. The first-order chi connectivity index (χ1) is 16.2. The van der Waals surface area contributed by atoms with Gasteiger partial charge in [0.1, 0.15) is 0 Å². The third-order valence-electron chi connectivity index (χ3n) is 5.96. The molecule has 0 saturated carbocycles. The van der Waals surface area contributed by atoms with Crippen molar-refractivity contribution in [2.45, 2.75) is 12.3 Å². The number of fused-ring (bicyclic) bond motifs is 3. The molecule has 4 aromatic carbocycles. The van der Waals surface area contributed by atoms with Gasteiger partial charge in [0.05, 0.1) is 0 Å². The predicted molar refractivity (Wildman–Crippen MR) is 149 cm³/mol. The average molecular weight is 608 g/mol. The minimum Gasteiger partial charge on any atom is -0.0842 e. The second-order valence-corrected chi connectivity index (χ2v) is 11.3. The van der Waals surface area contributed by atoms with Crippen LogP contribution in [0.1, 0.15) is 33.7 Å². The molecular weight excluding hydrogens is 596 g/mol. The molecule has 0 atom stereocenters. The van der Waals surface area contributed by atoms with Crippen molar-refractivity contribution < 1.29 is 0 Å². The lowest BCUT2D eigenvalue weighted by Gasteiger charge is -2.27. The summed E-state index contributed by atoms with van der Waals surface area (Å²) < 4.78 is 0. The van der Waals surface area contributed by atoms with Crippen molar-refractivity contribution in [2.24, 2.45) is 0 Å². The minimum absolute atomic E-state index is 0.357. The normalized spacial score (nSPS) is 12.3. The number of halogens is 8. The van der Waals surface area contributed by atoms with Crippen LogP contribution in [0.5, 0.6) is 0 Å². The van der Waals surface area contributed by atoms with Crippen molar-refractivity contribution in [2.75, 3.05) is 0 Å². The fourth-order valence-corrected chi connectivity index (χ4v) is 7.28. The number of hydrogen-bond donors (Lipinski definition) is 0. The first kappa shape index (κ1) is 24.9. The Labute approximate surface area is 237 Å². The Hall–Kier alpha value is -0.800. The van der Waals surface area contributed by atoms with E-state index in [1.807, 2.05) is 24.3 Å². The van der Waals surface area contributed by atoms with Crippen LogP contribution in [0, 0.1) is 0 Å². The molecule has 0 heterocycles. The van der Waals surface area contributed by atoms with E-state index in [1.165, 1.54) is 0 Å². The molecule has 34 heavy (non-hydrogen) atoms. The first-order valence-electron chi connectivity index (χ1n) is 10.0. The van der Waals surface area contributed by atoms with E-state index in [1.54, 1.807) is 24.3 Å². The molecule has 0 bridgehead atoms. The van der Waals surface area contributed by atoms with E-state index in [0.717, 1.165) is 27.8 Å². The third kappa shape index (κ3) is 4.21. The van der Waals surface area contributed by atoms with Crippen LogP contribution in [0.2, 0.25) is 40.2 Å². The Morgan fingerprint density at radius 1 is 0.471 bits per heavy atom. The molecular formula is C26H12Cl8. The molecule has 1 aliphatic rings. The van der Waals surface area contributed by atoms with Gasteiger partial charge in [-0.15, -0.1) is 0 Å². The number of rotatable bonds is 3. The monoisotopic (exact) mass is 604 g/mol. The summed E-state index contributed by atoms with van der Waals surface area (Å²) in [5.74, 6) is -0.626. The zero-order valence-electron chi connectivity index (χ0n) is 17.0. The summed E-state index contributed by atoms with van der Waals surface area (Å²) in [6.45, 7) is 0. The zero-order valence-corrected chi connectivity index (χ0v) is 23.1. The number of benzene rings is 4. The molecule has 172 valence electrons. The Bertz CT molecular complexity index is 1370. The summed E-state index contributed by atoms with van der Waals surface area (Å²) in [6.07, 6.45) is 0.715. The molecule has 0 aromatic heterocycles. The van der Waals surface area contributed by atoms with Gasteiger partial charge in [-0.2, -0.15) is 0 Å². The third-order valence-corrected chi connectivity index (χ3v) is 8.29. The Morgan fingerprint density at radius 3 is 1.50 bits per heavy atom. The highest BCUT2D eigenvalue weighted by Crippen LogP contribution is 2.54. The summed E-state index contributed by atoms with van der Waals surface area (Å²) in [7, 11) is 0. The fourth-order valence-electron chi connectivity index (χ4n) is 4.66. The highest BCUT2D eigenvalue weighted by atomic mass is 35.5. The van der Waals surface area contributed by atoms with Crippen molar-refractivity contribution >= 4 is 92.8 Å². The van der Waals surface area contributed by atoms with E-state index < -0.39 is 5.92 Å². The van der Waals surface area contributed by atoms with Crippen LogP contribution in [-0.2, 0) is 6.42 Å². The maximum absolute atomic E-state index is 6.93. The Balaban J connectivity index is 1.93. The quantitative estimate of drug-likeness (QED) is 0.179. The van der Waals surface area contributed by atoms with E-state index in [-0.39, 0.29) is 0 Å². The van der Waals surface area contributed by atoms with Gasteiger partial charge in [-0.1, -0.05) is 111 Å². The van der Waals surface area contributed by atoms with Crippen LogP contribution in [-0.4, -0.2) is 0 Å². The molecule has 8 heteroatoms. The second-order valence-electron chi connectivity index (χ2n) is 7.95. The summed E-state index contributed by atoms with van der Waals surface area (Å²) in [6, 6.07) is 16.2. The summed E-state index contributed by atoms with van der Waals surface area (Å²) >= 11 is 53.1.